The van der Waals surface area contributed by atoms with Gasteiger partial charge in [-0.15, -0.1) is 11.3 Å². The number of rotatable bonds is 6. The van der Waals surface area contributed by atoms with Crippen molar-refractivity contribution in [3.63, 3.8) is 0 Å². The molecule has 1 saturated carbocycles. The molecule has 1 fully saturated rings. The van der Waals surface area contributed by atoms with Crippen LogP contribution in [0.2, 0.25) is 0 Å². The Kier molecular flexibility index (Phi) is 3.35. The smallest absolute Gasteiger partial charge is 0.178 e. The molecule has 0 aromatic carbocycles. The van der Waals surface area contributed by atoms with E-state index in [1.54, 1.807) is 13.3 Å². The van der Waals surface area contributed by atoms with Gasteiger partial charge in [-0.05, 0) is 12.8 Å². The van der Waals surface area contributed by atoms with E-state index in [1.165, 1.54) is 11.3 Å². The Hall–Kier alpha value is -2.02. The second-order valence-electron chi connectivity index (χ2n) is 4.81. The van der Waals surface area contributed by atoms with Crippen LogP contribution in [0, 0.1) is 5.92 Å². The van der Waals surface area contributed by atoms with E-state index in [4.69, 9.17) is 10.5 Å². The molecular weight excluding hydrogens is 276 g/mol. The summed E-state index contributed by atoms with van der Waals surface area (Å²) < 4.78 is 5.32. The number of nitrogens with two attached hydrogens (primary N) is 1. The number of carbonyl (C=O) groups excluding carboxylic acids is 1. The van der Waals surface area contributed by atoms with E-state index in [2.05, 4.69) is 15.5 Å². The fraction of sp³-hybridized carbons (Fsp3) is 0.385. The van der Waals surface area contributed by atoms with Crippen LogP contribution in [0.25, 0.3) is 0 Å². The van der Waals surface area contributed by atoms with Crippen molar-refractivity contribution >= 4 is 27.8 Å². The maximum absolute atomic E-state index is 12.2. The van der Waals surface area contributed by atoms with Gasteiger partial charge in [-0.1, -0.05) is 0 Å². The van der Waals surface area contributed by atoms with E-state index in [-0.39, 0.29) is 11.7 Å². The van der Waals surface area contributed by atoms with Crippen LogP contribution in [0.5, 0.6) is 5.75 Å². The number of Topliss-reactive ketones (excluding diaryl/α,β-unsaturated/α-hetero) is 1. The lowest BCUT2D eigenvalue weighted by molar-refractivity contribution is 0.0972. The highest BCUT2D eigenvalue weighted by atomic mass is 32.1. The number of nitrogens with zero attached hydrogens (tertiary/aromatic N) is 1. The number of hydrogen-bond donors (Lipinski definition) is 3. The van der Waals surface area contributed by atoms with Crippen LogP contribution in [0.4, 0.5) is 10.7 Å². The number of ketones is 1. The first kappa shape index (κ1) is 13.0. The number of carbonyl (C=O) groups is 1. The molecule has 1 aliphatic rings. The summed E-state index contributed by atoms with van der Waals surface area (Å²) in [5.74, 6) is 0.854. The van der Waals surface area contributed by atoms with E-state index in [9.17, 15) is 4.79 Å². The molecule has 0 unspecified atom stereocenters. The molecule has 2 heterocycles. The van der Waals surface area contributed by atoms with Gasteiger partial charge in [0.25, 0.3) is 0 Å². The zero-order valence-electron chi connectivity index (χ0n) is 11.1. The van der Waals surface area contributed by atoms with E-state index in [0.29, 0.717) is 22.9 Å². The van der Waals surface area contributed by atoms with Gasteiger partial charge in [-0.2, -0.15) is 5.10 Å². The normalized spacial score (nSPS) is 14.2. The molecule has 7 heteroatoms. The van der Waals surface area contributed by atoms with Crippen molar-refractivity contribution in [3.8, 4) is 5.75 Å². The van der Waals surface area contributed by atoms with Gasteiger partial charge in [-0.3, -0.25) is 9.89 Å². The number of hydrogen-bond acceptors (Lipinski definition) is 6. The molecule has 0 radical (unpaired) electrons. The van der Waals surface area contributed by atoms with Crippen molar-refractivity contribution in [3.05, 3.63) is 22.8 Å². The monoisotopic (exact) mass is 292 g/mol. The van der Waals surface area contributed by atoms with Crippen LogP contribution in [0.1, 0.15) is 28.1 Å². The third-order valence-corrected chi connectivity index (χ3v) is 4.44. The number of methoxy groups -OCH3 is 1. The number of ether oxygens (including phenoxy) is 1. The fourth-order valence-corrected chi connectivity index (χ4v) is 3.12. The quantitative estimate of drug-likeness (QED) is 0.710. The number of H-pyrrole nitrogens is 1. The second-order valence-corrected chi connectivity index (χ2v) is 5.83. The Morgan fingerprint density at radius 3 is 3.05 bits per heavy atom. The van der Waals surface area contributed by atoms with Gasteiger partial charge in [0.15, 0.2) is 11.5 Å². The Bertz CT molecular complexity index is 617. The van der Waals surface area contributed by atoms with E-state index in [1.807, 2.05) is 6.20 Å². The Balaban J connectivity index is 1.82. The lowest BCUT2D eigenvalue weighted by Gasteiger charge is -2.05. The molecule has 0 aliphatic heterocycles. The minimum absolute atomic E-state index is 0.141. The topological polar surface area (TPSA) is 93.0 Å². The second kappa shape index (κ2) is 5.16. The number of nitrogen functional groups attached to an aromatic ring is 1. The SMILES string of the molecule is COc1c(NCc2cn[nH]c2)sc(C(=O)C2CC2)c1N. The maximum Gasteiger partial charge on any atom is 0.178 e. The van der Waals surface area contributed by atoms with Gasteiger partial charge in [0, 0.05) is 24.2 Å². The average Bonchev–Trinajstić information content (AvgIpc) is 3.07. The van der Waals surface area contributed by atoms with Crippen molar-refractivity contribution in [1.29, 1.82) is 0 Å². The van der Waals surface area contributed by atoms with Crippen molar-refractivity contribution in [2.45, 2.75) is 19.4 Å². The Morgan fingerprint density at radius 2 is 2.45 bits per heavy atom. The van der Waals surface area contributed by atoms with Crippen LogP contribution >= 0.6 is 11.3 Å². The van der Waals surface area contributed by atoms with E-state index < -0.39 is 0 Å². The van der Waals surface area contributed by atoms with Gasteiger partial charge in [0.2, 0.25) is 0 Å². The largest absolute Gasteiger partial charge is 0.492 e. The number of anilines is 2. The molecule has 20 heavy (non-hydrogen) atoms. The summed E-state index contributed by atoms with van der Waals surface area (Å²) in [6.45, 7) is 0.601. The average molecular weight is 292 g/mol. The van der Waals surface area contributed by atoms with Gasteiger partial charge in [0.05, 0.1) is 23.9 Å². The summed E-state index contributed by atoms with van der Waals surface area (Å²) in [6.07, 6.45) is 5.49. The third kappa shape index (κ3) is 2.36. The summed E-state index contributed by atoms with van der Waals surface area (Å²) in [6, 6.07) is 0. The summed E-state index contributed by atoms with van der Waals surface area (Å²) in [5, 5.41) is 10.7. The zero-order chi connectivity index (χ0) is 14.1. The standard InChI is InChI=1S/C13H16N4O2S/c1-19-11-9(14)12(10(18)8-2-3-8)20-13(11)15-4-7-5-16-17-6-7/h5-6,8,15H,2-4,14H2,1H3,(H,16,17). The molecule has 3 rings (SSSR count). The van der Waals surface area contributed by atoms with Crippen molar-refractivity contribution < 1.29 is 9.53 Å². The van der Waals surface area contributed by atoms with Crippen molar-refractivity contribution in [1.82, 2.24) is 10.2 Å². The number of thiophene rings is 1. The minimum atomic E-state index is 0.141. The highest BCUT2D eigenvalue weighted by Crippen LogP contribution is 2.46. The highest BCUT2D eigenvalue weighted by molar-refractivity contribution is 7.19. The Morgan fingerprint density at radius 1 is 1.65 bits per heavy atom. The molecule has 6 nitrogen and oxygen atoms in total. The van der Waals surface area contributed by atoms with Gasteiger partial charge in [-0.25, -0.2) is 0 Å². The van der Waals surface area contributed by atoms with Gasteiger partial charge in [0.1, 0.15) is 5.00 Å². The van der Waals surface area contributed by atoms with Crippen LogP contribution in [0.3, 0.4) is 0 Å². The number of aromatic amines is 1. The molecule has 0 amide bonds. The first-order chi connectivity index (χ1) is 9.70. The molecule has 2 aromatic heterocycles. The predicted molar refractivity (Wildman–Crippen MR) is 78.3 cm³/mol. The van der Waals surface area contributed by atoms with Crippen LogP contribution in [-0.2, 0) is 6.54 Å². The molecule has 0 atom stereocenters. The minimum Gasteiger partial charge on any atom is -0.492 e. The zero-order valence-corrected chi connectivity index (χ0v) is 11.9. The lowest BCUT2D eigenvalue weighted by Crippen LogP contribution is -2.02. The molecule has 0 saturated heterocycles. The number of aromatic nitrogens is 2. The molecule has 1 aliphatic carbocycles. The fourth-order valence-electron chi connectivity index (χ4n) is 2.02. The lowest BCUT2D eigenvalue weighted by atomic mass is 10.2. The molecule has 106 valence electrons. The maximum atomic E-state index is 12.2. The summed E-state index contributed by atoms with van der Waals surface area (Å²) in [4.78, 5) is 12.8. The van der Waals surface area contributed by atoms with Crippen LogP contribution in [-0.4, -0.2) is 23.1 Å². The molecule has 0 spiro atoms. The van der Waals surface area contributed by atoms with Gasteiger partial charge >= 0.3 is 0 Å². The molecule has 4 N–H and O–H groups in total. The summed E-state index contributed by atoms with van der Waals surface area (Å²) >= 11 is 1.37. The Labute approximate surface area is 120 Å². The van der Waals surface area contributed by atoms with Crippen molar-refractivity contribution in [2.75, 3.05) is 18.2 Å². The van der Waals surface area contributed by atoms with E-state index in [0.717, 1.165) is 23.4 Å². The summed E-state index contributed by atoms with van der Waals surface area (Å²) in [5.41, 5.74) is 7.51. The molecular formula is C13H16N4O2S. The first-order valence-electron chi connectivity index (χ1n) is 6.42. The van der Waals surface area contributed by atoms with Crippen LogP contribution in [0.15, 0.2) is 12.4 Å². The molecule has 2 aromatic rings. The van der Waals surface area contributed by atoms with Gasteiger partial charge < -0.3 is 15.8 Å². The first-order valence-corrected chi connectivity index (χ1v) is 7.24. The van der Waals surface area contributed by atoms with E-state index >= 15 is 0 Å². The summed E-state index contributed by atoms with van der Waals surface area (Å²) in [7, 11) is 1.56. The third-order valence-electron chi connectivity index (χ3n) is 3.28. The van der Waals surface area contributed by atoms with Crippen LogP contribution < -0.4 is 15.8 Å². The molecule has 0 bridgehead atoms. The highest BCUT2D eigenvalue weighted by Gasteiger charge is 2.34. The number of nitrogens with one attached hydrogen (secondary N) is 2. The van der Waals surface area contributed by atoms with Crippen molar-refractivity contribution in [2.24, 2.45) is 5.92 Å². The predicted octanol–water partition coefficient (Wildman–Crippen LogP) is 2.27.